The van der Waals surface area contributed by atoms with Crippen LogP contribution >= 0.6 is 0 Å². The molecule has 1 N–H and O–H groups in total. The number of Topliss-reactive ketones (excluding diaryl/α,β-unsaturated/α-hetero) is 1. The Kier molecular flexibility index (Phi) is 5.75. The summed E-state index contributed by atoms with van der Waals surface area (Å²) < 4.78 is 0. The number of rotatable bonds is 5. The van der Waals surface area contributed by atoms with Crippen LogP contribution in [0, 0.1) is 5.92 Å². The van der Waals surface area contributed by atoms with Crippen molar-refractivity contribution in [2.75, 3.05) is 6.54 Å². The SMILES string of the molecule is C[C@]1(C2CCCCC2)NC(=O)N(CC(=O)c2ccc(C3CCCCC3)cc2)C1=O. The predicted molar refractivity (Wildman–Crippen MR) is 112 cm³/mol. The van der Waals surface area contributed by atoms with Gasteiger partial charge in [-0.05, 0) is 50.0 Å². The van der Waals surface area contributed by atoms with Gasteiger partial charge in [-0.25, -0.2) is 4.79 Å². The van der Waals surface area contributed by atoms with Gasteiger partial charge in [-0.15, -0.1) is 0 Å². The predicted octanol–water partition coefficient (Wildman–Crippen LogP) is 4.81. The third-order valence-corrected chi connectivity index (χ3v) is 7.33. The number of nitrogens with one attached hydrogen (secondary N) is 1. The topological polar surface area (TPSA) is 66.5 Å². The van der Waals surface area contributed by atoms with Crippen molar-refractivity contribution in [2.24, 2.45) is 5.92 Å². The molecule has 29 heavy (non-hydrogen) atoms. The summed E-state index contributed by atoms with van der Waals surface area (Å²) in [5, 5.41) is 2.89. The monoisotopic (exact) mass is 396 g/mol. The normalized spacial score (nSPS) is 26.6. The number of hydrogen-bond donors (Lipinski definition) is 1. The Morgan fingerprint density at radius 2 is 1.55 bits per heavy atom. The second kappa shape index (κ2) is 8.29. The first kappa shape index (κ1) is 20.1. The Morgan fingerprint density at radius 3 is 2.17 bits per heavy atom. The molecule has 2 aliphatic carbocycles. The van der Waals surface area contributed by atoms with Gasteiger partial charge in [0.15, 0.2) is 5.78 Å². The fraction of sp³-hybridized carbons (Fsp3) is 0.625. The van der Waals surface area contributed by atoms with Crippen LogP contribution in [0.25, 0.3) is 0 Å². The Hall–Kier alpha value is -2.17. The summed E-state index contributed by atoms with van der Waals surface area (Å²) in [4.78, 5) is 39.5. The third kappa shape index (κ3) is 3.96. The molecule has 1 atom stereocenters. The molecule has 5 heteroatoms. The van der Waals surface area contributed by atoms with E-state index >= 15 is 0 Å². The van der Waals surface area contributed by atoms with Gasteiger partial charge in [0.25, 0.3) is 5.91 Å². The highest BCUT2D eigenvalue weighted by Crippen LogP contribution is 2.36. The van der Waals surface area contributed by atoms with E-state index in [1.165, 1.54) is 44.1 Å². The van der Waals surface area contributed by atoms with E-state index in [4.69, 9.17) is 0 Å². The second-order valence-corrected chi connectivity index (χ2v) is 9.24. The molecule has 1 aromatic carbocycles. The van der Waals surface area contributed by atoms with Crippen molar-refractivity contribution >= 4 is 17.7 Å². The number of carbonyl (C=O) groups is 3. The van der Waals surface area contributed by atoms with E-state index in [2.05, 4.69) is 5.32 Å². The molecule has 5 nitrogen and oxygen atoms in total. The molecule has 4 rings (SSSR count). The number of ketones is 1. The molecule has 3 fully saturated rings. The Bertz CT molecular complexity index is 776. The highest BCUT2D eigenvalue weighted by molar-refractivity contribution is 6.11. The molecule has 0 radical (unpaired) electrons. The number of benzene rings is 1. The lowest BCUT2D eigenvalue weighted by molar-refractivity contribution is -0.132. The maximum atomic E-state index is 13.1. The molecule has 0 spiro atoms. The molecule has 0 bridgehead atoms. The second-order valence-electron chi connectivity index (χ2n) is 9.24. The molecule has 1 saturated heterocycles. The molecular formula is C24H32N2O3. The van der Waals surface area contributed by atoms with Gasteiger partial charge in [-0.2, -0.15) is 0 Å². The van der Waals surface area contributed by atoms with Crippen molar-refractivity contribution < 1.29 is 14.4 Å². The summed E-state index contributed by atoms with van der Waals surface area (Å²) in [6, 6.07) is 7.36. The first-order valence-corrected chi connectivity index (χ1v) is 11.3. The minimum Gasteiger partial charge on any atom is -0.323 e. The van der Waals surface area contributed by atoms with Crippen LogP contribution in [0.2, 0.25) is 0 Å². The standard InChI is InChI=1S/C24H32N2O3/c1-24(20-10-6-3-7-11-20)22(28)26(23(29)25-24)16-21(27)19-14-12-18(13-15-19)17-8-4-2-5-9-17/h12-15,17,20H,2-11,16H2,1H3,(H,25,29)/t24-/m1/s1. The van der Waals surface area contributed by atoms with Crippen molar-refractivity contribution in [3.8, 4) is 0 Å². The van der Waals surface area contributed by atoms with E-state index < -0.39 is 11.6 Å². The number of nitrogens with zero attached hydrogens (tertiary/aromatic N) is 1. The van der Waals surface area contributed by atoms with Crippen molar-refractivity contribution in [2.45, 2.75) is 82.6 Å². The van der Waals surface area contributed by atoms with Crippen LogP contribution in [0.3, 0.4) is 0 Å². The molecule has 3 aliphatic rings. The number of carbonyl (C=O) groups excluding carboxylic acids is 3. The van der Waals surface area contributed by atoms with E-state index in [1.807, 2.05) is 31.2 Å². The van der Waals surface area contributed by atoms with Crippen LogP contribution in [0.5, 0.6) is 0 Å². The molecule has 0 unspecified atom stereocenters. The summed E-state index contributed by atoms with van der Waals surface area (Å²) in [6.07, 6.45) is 11.6. The molecule has 0 aromatic heterocycles. The maximum Gasteiger partial charge on any atom is 0.325 e. The summed E-state index contributed by atoms with van der Waals surface area (Å²) >= 11 is 0. The third-order valence-electron chi connectivity index (χ3n) is 7.33. The number of hydrogen-bond acceptors (Lipinski definition) is 3. The van der Waals surface area contributed by atoms with Crippen molar-refractivity contribution in [3.05, 3.63) is 35.4 Å². The summed E-state index contributed by atoms with van der Waals surface area (Å²) in [6.45, 7) is 1.64. The van der Waals surface area contributed by atoms with Crippen LogP contribution < -0.4 is 5.32 Å². The van der Waals surface area contributed by atoms with E-state index in [-0.39, 0.29) is 24.2 Å². The van der Waals surface area contributed by atoms with Crippen molar-refractivity contribution in [3.63, 3.8) is 0 Å². The zero-order chi connectivity index (χ0) is 20.4. The van der Waals surface area contributed by atoms with Gasteiger partial charge in [-0.1, -0.05) is 62.8 Å². The molecule has 156 valence electrons. The average molecular weight is 397 g/mol. The van der Waals surface area contributed by atoms with Gasteiger partial charge < -0.3 is 5.32 Å². The molecule has 1 aromatic rings. The Balaban J connectivity index is 1.42. The minimum atomic E-state index is -0.872. The fourth-order valence-corrected chi connectivity index (χ4v) is 5.43. The molecule has 1 aliphatic heterocycles. The zero-order valence-electron chi connectivity index (χ0n) is 17.4. The minimum absolute atomic E-state index is 0.155. The molecule has 1 heterocycles. The smallest absolute Gasteiger partial charge is 0.323 e. The lowest BCUT2D eigenvalue weighted by atomic mass is 9.75. The average Bonchev–Trinajstić information content (AvgIpc) is 2.99. The molecule has 2 saturated carbocycles. The molecular weight excluding hydrogens is 364 g/mol. The van der Waals surface area contributed by atoms with Gasteiger partial charge in [-0.3, -0.25) is 14.5 Å². The first-order valence-electron chi connectivity index (χ1n) is 11.3. The maximum absolute atomic E-state index is 13.1. The van der Waals surface area contributed by atoms with Crippen LogP contribution in [0.1, 0.15) is 93.0 Å². The molecule has 3 amide bonds. The van der Waals surface area contributed by atoms with Crippen LogP contribution in [0.4, 0.5) is 4.79 Å². The van der Waals surface area contributed by atoms with E-state index in [0.29, 0.717) is 11.5 Å². The zero-order valence-corrected chi connectivity index (χ0v) is 17.4. The highest BCUT2D eigenvalue weighted by Gasteiger charge is 2.52. The van der Waals surface area contributed by atoms with E-state index in [9.17, 15) is 14.4 Å². The van der Waals surface area contributed by atoms with Crippen molar-refractivity contribution in [1.29, 1.82) is 0 Å². The Labute approximate surface area is 173 Å². The van der Waals surface area contributed by atoms with E-state index in [1.54, 1.807) is 0 Å². The van der Waals surface area contributed by atoms with Crippen LogP contribution in [-0.4, -0.2) is 34.7 Å². The van der Waals surface area contributed by atoms with Gasteiger partial charge in [0.1, 0.15) is 5.54 Å². The number of imide groups is 1. The summed E-state index contributed by atoms with van der Waals surface area (Å²) in [5.41, 5.74) is 0.986. The van der Waals surface area contributed by atoms with Gasteiger partial charge in [0, 0.05) is 5.56 Å². The Morgan fingerprint density at radius 1 is 0.966 bits per heavy atom. The van der Waals surface area contributed by atoms with Gasteiger partial charge in [0.2, 0.25) is 0 Å². The van der Waals surface area contributed by atoms with Gasteiger partial charge >= 0.3 is 6.03 Å². The first-order chi connectivity index (χ1) is 14.0. The number of urea groups is 1. The summed E-state index contributed by atoms with van der Waals surface area (Å²) in [5.74, 6) is 0.316. The van der Waals surface area contributed by atoms with Gasteiger partial charge in [0.05, 0.1) is 6.54 Å². The van der Waals surface area contributed by atoms with Crippen molar-refractivity contribution in [1.82, 2.24) is 10.2 Å². The highest BCUT2D eigenvalue weighted by atomic mass is 16.2. The van der Waals surface area contributed by atoms with Crippen LogP contribution in [0.15, 0.2) is 24.3 Å². The lowest BCUT2D eigenvalue weighted by Crippen LogP contribution is -2.51. The fourth-order valence-electron chi connectivity index (χ4n) is 5.43. The quantitative estimate of drug-likeness (QED) is 0.574. The van der Waals surface area contributed by atoms with Crippen LogP contribution in [-0.2, 0) is 4.79 Å². The van der Waals surface area contributed by atoms with E-state index in [0.717, 1.165) is 30.6 Å². The largest absolute Gasteiger partial charge is 0.325 e. The lowest BCUT2D eigenvalue weighted by Gasteiger charge is -2.34. The number of amides is 3. The summed E-state index contributed by atoms with van der Waals surface area (Å²) in [7, 11) is 0.